The van der Waals surface area contributed by atoms with E-state index in [-0.39, 0.29) is 23.0 Å². The van der Waals surface area contributed by atoms with Gasteiger partial charge in [-0.05, 0) is 49.0 Å². The molecule has 0 radical (unpaired) electrons. The molecule has 27 heavy (non-hydrogen) atoms. The van der Waals surface area contributed by atoms with Crippen molar-refractivity contribution in [3.05, 3.63) is 69.8 Å². The highest BCUT2D eigenvalue weighted by atomic mass is 32.1. The molecular formula is C17H16N4O5S. The molecule has 0 unspecified atom stereocenters. The quantitative estimate of drug-likeness (QED) is 0.404. The van der Waals surface area contributed by atoms with Gasteiger partial charge in [-0.2, -0.15) is 0 Å². The molecule has 0 atom stereocenters. The number of ether oxygens (including phenoxy) is 1. The van der Waals surface area contributed by atoms with Crippen LogP contribution in [0.25, 0.3) is 0 Å². The van der Waals surface area contributed by atoms with Crippen LogP contribution in [0, 0.1) is 17.0 Å². The Morgan fingerprint density at radius 1 is 1.15 bits per heavy atom. The molecule has 0 aliphatic carbocycles. The number of amides is 2. The summed E-state index contributed by atoms with van der Waals surface area (Å²) in [4.78, 5) is 33.7. The number of aryl methyl sites for hydroxylation is 1. The molecule has 0 aliphatic rings. The Morgan fingerprint density at radius 3 is 2.48 bits per heavy atom. The van der Waals surface area contributed by atoms with E-state index in [1.54, 1.807) is 12.1 Å². The van der Waals surface area contributed by atoms with Crippen LogP contribution in [0.4, 0.5) is 5.69 Å². The zero-order chi connectivity index (χ0) is 19.8. The molecule has 0 saturated carbocycles. The number of rotatable bonds is 5. The third-order valence-electron chi connectivity index (χ3n) is 3.24. The van der Waals surface area contributed by atoms with Gasteiger partial charge >= 0.3 is 0 Å². The van der Waals surface area contributed by atoms with E-state index >= 15 is 0 Å². The molecule has 9 nitrogen and oxygen atoms in total. The van der Waals surface area contributed by atoms with Gasteiger partial charge in [-0.25, -0.2) is 0 Å². The van der Waals surface area contributed by atoms with Crippen LogP contribution >= 0.6 is 12.2 Å². The minimum absolute atomic E-state index is 0.131. The number of nitro benzene ring substituents is 1. The van der Waals surface area contributed by atoms with E-state index in [2.05, 4.69) is 16.2 Å². The van der Waals surface area contributed by atoms with E-state index in [1.165, 1.54) is 24.3 Å². The van der Waals surface area contributed by atoms with Gasteiger partial charge in [0.05, 0.1) is 4.92 Å². The monoisotopic (exact) mass is 388 g/mol. The maximum absolute atomic E-state index is 12.0. The van der Waals surface area contributed by atoms with Crippen LogP contribution in [0.5, 0.6) is 5.75 Å². The molecule has 0 aliphatic heterocycles. The van der Waals surface area contributed by atoms with Crippen LogP contribution in [0.15, 0.2) is 48.5 Å². The predicted octanol–water partition coefficient (Wildman–Crippen LogP) is 1.62. The summed E-state index contributed by atoms with van der Waals surface area (Å²) in [6.45, 7) is 1.66. The number of benzene rings is 2. The first-order valence-electron chi connectivity index (χ1n) is 7.69. The fraction of sp³-hybridized carbons (Fsp3) is 0.118. The van der Waals surface area contributed by atoms with Crippen LogP contribution in [0.1, 0.15) is 15.9 Å². The summed E-state index contributed by atoms with van der Waals surface area (Å²) in [5.41, 5.74) is 5.71. The molecule has 0 spiro atoms. The number of nitrogens with zero attached hydrogens (tertiary/aromatic N) is 1. The van der Waals surface area contributed by atoms with Crippen LogP contribution in [-0.2, 0) is 4.79 Å². The molecule has 0 aromatic heterocycles. The van der Waals surface area contributed by atoms with E-state index < -0.39 is 16.7 Å². The lowest BCUT2D eigenvalue weighted by molar-refractivity contribution is -0.384. The van der Waals surface area contributed by atoms with Crippen molar-refractivity contribution in [2.24, 2.45) is 0 Å². The third kappa shape index (κ3) is 6.36. The number of nitrogens with one attached hydrogen (secondary N) is 3. The highest BCUT2D eigenvalue weighted by molar-refractivity contribution is 7.80. The fourth-order valence-electron chi connectivity index (χ4n) is 1.96. The van der Waals surface area contributed by atoms with Crippen LogP contribution in [0.2, 0.25) is 0 Å². The van der Waals surface area contributed by atoms with Gasteiger partial charge in [-0.3, -0.25) is 35.9 Å². The Hall–Kier alpha value is -3.53. The third-order valence-corrected chi connectivity index (χ3v) is 3.45. The molecule has 0 bridgehead atoms. The highest BCUT2D eigenvalue weighted by Crippen LogP contribution is 2.12. The average molecular weight is 388 g/mol. The van der Waals surface area contributed by atoms with E-state index in [4.69, 9.17) is 17.0 Å². The molecule has 2 aromatic carbocycles. The van der Waals surface area contributed by atoms with Crippen molar-refractivity contribution in [1.29, 1.82) is 0 Å². The summed E-state index contributed by atoms with van der Waals surface area (Å²) in [7, 11) is 0. The lowest BCUT2D eigenvalue weighted by Gasteiger charge is -2.11. The first-order valence-corrected chi connectivity index (χ1v) is 8.10. The van der Waals surface area contributed by atoms with Crippen molar-refractivity contribution < 1.29 is 19.2 Å². The van der Waals surface area contributed by atoms with E-state index in [0.29, 0.717) is 5.75 Å². The lowest BCUT2D eigenvalue weighted by atomic mass is 10.2. The summed E-state index contributed by atoms with van der Waals surface area (Å²) < 4.78 is 5.32. The van der Waals surface area contributed by atoms with Gasteiger partial charge in [-0.1, -0.05) is 12.1 Å². The maximum Gasteiger partial charge on any atom is 0.276 e. The average Bonchev–Trinajstić information content (AvgIpc) is 2.64. The minimum atomic E-state index is -0.576. The van der Waals surface area contributed by atoms with Gasteiger partial charge in [-0.15, -0.1) is 0 Å². The van der Waals surface area contributed by atoms with Crippen LogP contribution in [0.3, 0.4) is 0 Å². The Morgan fingerprint density at radius 2 is 1.85 bits per heavy atom. The summed E-state index contributed by atoms with van der Waals surface area (Å²) >= 11 is 4.90. The van der Waals surface area contributed by atoms with Crippen LogP contribution < -0.4 is 20.9 Å². The molecule has 0 fully saturated rings. The van der Waals surface area contributed by atoms with E-state index in [0.717, 1.165) is 5.56 Å². The van der Waals surface area contributed by atoms with Crippen molar-refractivity contribution in [1.82, 2.24) is 16.2 Å². The second-order valence-electron chi connectivity index (χ2n) is 5.37. The van der Waals surface area contributed by atoms with Gasteiger partial charge < -0.3 is 4.74 Å². The molecule has 140 valence electrons. The fourth-order valence-corrected chi connectivity index (χ4v) is 2.10. The van der Waals surface area contributed by atoms with Gasteiger partial charge in [0.15, 0.2) is 11.7 Å². The van der Waals surface area contributed by atoms with Gasteiger partial charge in [0.1, 0.15) is 5.75 Å². The Balaban J connectivity index is 1.75. The van der Waals surface area contributed by atoms with Crippen molar-refractivity contribution in [3.8, 4) is 5.75 Å². The van der Waals surface area contributed by atoms with Crippen molar-refractivity contribution in [3.63, 3.8) is 0 Å². The number of carbonyl (C=O) groups is 2. The number of non-ortho nitro benzene ring substituents is 1. The first kappa shape index (κ1) is 19.8. The lowest BCUT2D eigenvalue weighted by Crippen LogP contribution is -2.49. The largest absolute Gasteiger partial charge is 0.484 e. The predicted molar refractivity (Wildman–Crippen MR) is 101 cm³/mol. The topological polar surface area (TPSA) is 123 Å². The summed E-state index contributed by atoms with van der Waals surface area (Å²) in [5.74, 6) is -0.518. The zero-order valence-electron chi connectivity index (χ0n) is 14.2. The maximum atomic E-state index is 12.0. The van der Waals surface area contributed by atoms with E-state index in [9.17, 15) is 19.7 Å². The van der Waals surface area contributed by atoms with Gasteiger partial charge in [0.2, 0.25) is 0 Å². The summed E-state index contributed by atoms with van der Waals surface area (Å²) in [6.07, 6.45) is 0. The normalized spacial score (nSPS) is 9.81. The summed E-state index contributed by atoms with van der Waals surface area (Å²) in [6, 6.07) is 12.2. The smallest absolute Gasteiger partial charge is 0.276 e. The molecular weight excluding hydrogens is 372 g/mol. The second-order valence-corrected chi connectivity index (χ2v) is 5.77. The Labute approximate surface area is 159 Å². The number of hydrazine groups is 1. The van der Waals surface area contributed by atoms with Crippen molar-refractivity contribution in [2.45, 2.75) is 6.92 Å². The van der Waals surface area contributed by atoms with Crippen LogP contribution in [-0.4, -0.2) is 28.5 Å². The molecule has 3 N–H and O–H groups in total. The van der Waals surface area contributed by atoms with Gasteiger partial charge in [0, 0.05) is 17.7 Å². The molecule has 2 amide bonds. The Bertz CT molecular complexity index is 870. The van der Waals surface area contributed by atoms with E-state index in [1.807, 2.05) is 19.1 Å². The Kier molecular flexibility index (Phi) is 6.78. The number of thiocarbonyl (C=S) groups is 1. The SMILES string of the molecule is Cc1cccc(OCC(=O)NNC(=S)NC(=O)c2ccc([N+](=O)[O-])cc2)c1. The molecule has 2 aromatic rings. The number of carbonyl (C=O) groups excluding carboxylic acids is 2. The molecule has 10 heteroatoms. The number of hydrogen-bond acceptors (Lipinski definition) is 6. The summed E-state index contributed by atoms with van der Waals surface area (Å²) in [5, 5.41) is 12.8. The standard InChI is InChI=1S/C17H16N4O5S/c1-11-3-2-4-14(9-11)26-10-15(22)19-20-17(27)18-16(23)12-5-7-13(8-6-12)21(24)25/h2-9H,10H2,1H3,(H,19,22)(H2,18,20,23,27). The number of nitro groups is 1. The van der Waals surface area contributed by atoms with Crippen molar-refractivity contribution >= 4 is 34.8 Å². The minimum Gasteiger partial charge on any atom is -0.484 e. The first-order chi connectivity index (χ1) is 12.8. The number of hydrogen-bond donors (Lipinski definition) is 3. The van der Waals surface area contributed by atoms with Crippen molar-refractivity contribution in [2.75, 3.05) is 6.61 Å². The highest BCUT2D eigenvalue weighted by Gasteiger charge is 2.11. The molecule has 2 rings (SSSR count). The molecule has 0 saturated heterocycles. The van der Waals surface area contributed by atoms with Gasteiger partial charge in [0.25, 0.3) is 17.5 Å². The molecule has 0 heterocycles. The zero-order valence-corrected chi connectivity index (χ0v) is 15.0. The second kappa shape index (κ2) is 9.25.